The minimum absolute atomic E-state index is 0.534. The maximum Gasteiger partial charge on any atom is 0.186 e. The van der Waals surface area contributed by atoms with Gasteiger partial charge in [-0.15, -0.1) is 0 Å². The molecule has 0 radical (unpaired) electrons. The molecule has 1 rings (SSSR count). The third-order valence-electron chi connectivity index (χ3n) is 2.54. The molecule has 0 heterocycles. The molecule has 20 heavy (non-hydrogen) atoms. The second-order valence-electron chi connectivity index (χ2n) is 4.12. The summed E-state index contributed by atoms with van der Waals surface area (Å²) >= 11 is 7.43. The molecule has 0 aliphatic heterocycles. The highest BCUT2D eigenvalue weighted by atomic mass is 127. The lowest BCUT2D eigenvalue weighted by atomic mass is 10.1. The Bertz CT molecular complexity index is 448. The third kappa shape index (κ3) is 7.16. The number of rotatable bonds is 7. The van der Waals surface area contributed by atoms with Gasteiger partial charge in [0, 0.05) is 23.3 Å². The fourth-order valence-corrected chi connectivity index (χ4v) is 1.96. The van der Waals surface area contributed by atoms with E-state index in [1.54, 1.807) is 0 Å². The molecule has 1 aromatic rings. The monoisotopic (exact) mass is 405 g/mol. The zero-order valence-corrected chi connectivity index (χ0v) is 14.8. The lowest BCUT2D eigenvalue weighted by molar-refractivity contribution is 0.145. The van der Waals surface area contributed by atoms with Crippen LogP contribution >= 0.6 is 34.8 Å². The summed E-state index contributed by atoms with van der Waals surface area (Å²) in [6.45, 7) is 6.22. The molecule has 0 fully saturated rings. The molecule has 4 nitrogen and oxygen atoms in total. The topological polar surface area (TPSA) is 45.6 Å². The summed E-state index contributed by atoms with van der Waals surface area (Å²) in [4.78, 5) is 0. The highest BCUT2D eigenvalue weighted by Gasteiger charge is 1.98. The molecule has 0 unspecified atom stereocenters. The molecule has 0 bridgehead atoms. The first-order chi connectivity index (χ1) is 9.63. The number of benzene rings is 1. The second kappa shape index (κ2) is 10.1. The van der Waals surface area contributed by atoms with Gasteiger partial charge in [0.1, 0.15) is 0 Å². The van der Waals surface area contributed by atoms with E-state index in [-0.39, 0.29) is 0 Å². The van der Waals surface area contributed by atoms with Crippen LogP contribution in [0.2, 0.25) is 0 Å². The SMILES string of the molecule is CCOCCCNC(=S)N/N=C(/C)c1ccc(I)cc1. The van der Waals surface area contributed by atoms with Crippen LogP contribution in [-0.2, 0) is 4.74 Å². The van der Waals surface area contributed by atoms with Gasteiger partial charge in [0.15, 0.2) is 5.11 Å². The zero-order valence-electron chi connectivity index (χ0n) is 11.8. The average molecular weight is 405 g/mol. The quantitative estimate of drug-likeness (QED) is 0.241. The van der Waals surface area contributed by atoms with Crippen molar-refractivity contribution in [2.24, 2.45) is 5.10 Å². The lowest BCUT2D eigenvalue weighted by Gasteiger charge is -2.08. The summed E-state index contributed by atoms with van der Waals surface area (Å²) in [5.41, 5.74) is 4.84. The maximum atomic E-state index is 5.25. The molecule has 110 valence electrons. The van der Waals surface area contributed by atoms with Gasteiger partial charge in [0.25, 0.3) is 0 Å². The van der Waals surface area contributed by atoms with E-state index in [0.29, 0.717) is 5.11 Å². The normalized spacial score (nSPS) is 11.2. The van der Waals surface area contributed by atoms with Crippen molar-refractivity contribution >= 4 is 45.6 Å². The van der Waals surface area contributed by atoms with E-state index in [2.05, 4.69) is 50.6 Å². The molecule has 0 aliphatic carbocycles. The van der Waals surface area contributed by atoms with Crippen LogP contribution in [0.25, 0.3) is 0 Å². The first kappa shape index (κ1) is 17.3. The number of halogens is 1. The molecular formula is C14H20IN3OS. The Morgan fingerprint density at radius 2 is 2.05 bits per heavy atom. The van der Waals surface area contributed by atoms with Crippen molar-refractivity contribution in [3.63, 3.8) is 0 Å². The zero-order chi connectivity index (χ0) is 14.8. The van der Waals surface area contributed by atoms with Crippen molar-refractivity contribution < 1.29 is 4.74 Å². The number of nitrogens with one attached hydrogen (secondary N) is 2. The number of hydrogen-bond acceptors (Lipinski definition) is 3. The third-order valence-corrected chi connectivity index (χ3v) is 3.50. The Balaban J connectivity index is 2.31. The fourth-order valence-electron chi connectivity index (χ4n) is 1.45. The Labute approximate surface area is 139 Å². The van der Waals surface area contributed by atoms with Gasteiger partial charge in [-0.3, -0.25) is 5.43 Å². The Kier molecular flexibility index (Phi) is 8.72. The van der Waals surface area contributed by atoms with Crippen molar-refractivity contribution in [1.82, 2.24) is 10.7 Å². The van der Waals surface area contributed by atoms with E-state index in [0.717, 1.165) is 37.5 Å². The van der Waals surface area contributed by atoms with Crippen LogP contribution in [0.5, 0.6) is 0 Å². The van der Waals surface area contributed by atoms with Crippen LogP contribution < -0.4 is 10.7 Å². The molecule has 1 aromatic carbocycles. The summed E-state index contributed by atoms with van der Waals surface area (Å²) in [5, 5.41) is 7.89. The smallest absolute Gasteiger partial charge is 0.186 e. The molecule has 0 amide bonds. The van der Waals surface area contributed by atoms with Gasteiger partial charge in [-0.1, -0.05) is 12.1 Å². The average Bonchev–Trinajstić information content (AvgIpc) is 2.45. The van der Waals surface area contributed by atoms with Crippen LogP contribution in [0.1, 0.15) is 25.8 Å². The fraction of sp³-hybridized carbons (Fsp3) is 0.429. The van der Waals surface area contributed by atoms with Crippen LogP contribution in [0.4, 0.5) is 0 Å². The molecule has 0 aromatic heterocycles. The number of thiocarbonyl (C=S) groups is 1. The molecule has 6 heteroatoms. The number of nitrogens with zero attached hydrogens (tertiary/aromatic N) is 1. The highest BCUT2D eigenvalue weighted by molar-refractivity contribution is 14.1. The largest absolute Gasteiger partial charge is 0.382 e. The molecule has 0 spiro atoms. The minimum Gasteiger partial charge on any atom is -0.382 e. The van der Waals surface area contributed by atoms with E-state index in [4.69, 9.17) is 17.0 Å². The van der Waals surface area contributed by atoms with Crippen LogP contribution in [-0.4, -0.2) is 30.6 Å². The predicted molar refractivity (Wildman–Crippen MR) is 96.2 cm³/mol. The minimum atomic E-state index is 0.534. The molecule has 0 atom stereocenters. The van der Waals surface area contributed by atoms with Gasteiger partial charge in [0.05, 0.1) is 5.71 Å². The van der Waals surface area contributed by atoms with Gasteiger partial charge in [-0.05, 0) is 72.8 Å². The van der Waals surface area contributed by atoms with Gasteiger partial charge in [-0.2, -0.15) is 5.10 Å². The summed E-state index contributed by atoms with van der Waals surface area (Å²) in [6, 6.07) is 8.19. The summed E-state index contributed by atoms with van der Waals surface area (Å²) in [5.74, 6) is 0. The van der Waals surface area contributed by atoms with Crippen molar-refractivity contribution in [3.05, 3.63) is 33.4 Å². The molecule has 0 saturated heterocycles. The van der Waals surface area contributed by atoms with Crippen molar-refractivity contribution in [2.45, 2.75) is 20.3 Å². The van der Waals surface area contributed by atoms with Gasteiger partial charge >= 0.3 is 0 Å². The van der Waals surface area contributed by atoms with Gasteiger partial charge in [-0.25, -0.2) is 0 Å². The van der Waals surface area contributed by atoms with Crippen LogP contribution in [0.15, 0.2) is 29.4 Å². The van der Waals surface area contributed by atoms with E-state index < -0.39 is 0 Å². The number of ether oxygens (including phenoxy) is 1. The standard InChI is InChI=1S/C14H20IN3OS/c1-3-19-10-4-9-16-14(20)18-17-11(2)12-5-7-13(15)8-6-12/h5-8H,3-4,9-10H2,1-2H3,(H2,16,18,20)/b17-11-. The first-order valence-corrected chi connectivity index (χ1v) is 8.04. The van der Waals surface area contributed by atoms with Crippen molar-refractivity contribution in [3.8, 4) is 0 Å². The van der Waals surface area contributed by atoms with Gasteiger partial charge in [0.2, 0.25) is 0 Å². The van der Waals surface area contributed by atoms with Crippen molar-refractivity contribution in [2.75, 3.05) is 19.8 Å². The van der Waals surface area contributed by atoms with E-state index in [1.807, 2.05) is 26.0 Å². The second-order valence-corrected chi connectivity index (χ2v) is 5.78. The van der Waals surface area contributed by atoms with Crippen molar-refractivity contribution in [1.29, 1.82) is 0 Å². The predicted octanol–water partition coefficient (Wildman–Crippen LogP) is 2.91. The highest BCUT2D eigenvalue weighted by Crippen LogP contribution is 2.07. The Morgan fingerprint density at radius 3 is 2.70 bits per heavy atom. The van der Waals surface area contributed by atoms with Crippen LogP contribution in [0, 0.1) is 3.57 Å². The molecular weight excluding hydrogens is 385 g/mol. The Morgan fingerprint density at radius 1 is 1.35 bits per heavy atom. The summed E-state index contributed by atoms with van der Waals surface area (Å²) in [6.07, 6.45) is 0.926. The molecule has 2 N–H and O–H groups in total. The van der Waals surface area contributed by atoms with E-state index in [1.165, 1.54) is 3.57 Å². The molecule has 0 saturated carbocycles. The lowest BCUT2D eigenvalue weighted by Crippen LogP contribution is -2.33. The van der Waals surface area contributed by atoms with Crippen LogP contribution in [0.3, 0.4) is 0 Å². The molecule has 0 aliphatic rings. The summed E-state index contributed by atoms with van der Waals surface area (Å²) < 4.78 is 6.46. The van der Waals surface area contributed by atoms with Gasteiger partial charge < -0.3 is 10.1 Å². The number of hydrogen-bond donors (Lipinski definition) is 2. The summed E-state index contributed by atoms with van der Waals surface area (Å²) in [7, 11) is 0. The maximum absolute atomic E-state index is 5.25. The number of hydrazone groups is 1. The Hall–Kier alpha value is -0.730. The first-order valence-electron chi connectivity index (χ1n) is 6.55. The van der Waals surface area contributed by atoms with E-state index in [9.17, 15) is 0 Å². The van der Waals surface area contributed by atoms with E-state index >= 15 is 0 Å².